The van der Waals surface area contributed by atoms with E-state index in [-0.39, 0.29) is 15.5 Å². The van der Waals surface area contributed by atoms with Crippen molar-refractivity contribution >= 4 is 20.7 Å². The highest BCUT2D eigenvalue weighted by molar-refractivity contribution is 6.54. The first-order valence-corrected chi connectivity index (χ1v) is 9.21. The Morgan fingerprint density at radius 1 is 1.21 bits per heavy atom. The van der Waals surface area contributed by atoms with Crippen molar-refractivity contribution in [3.8, 4) is 0 Å². The van der Waals surface area contributed by atoms with Gasteiger partial charge in [0.25, 0.3) is 0 Å². The molecule has 0 saturated carbocycles. The fraction of sp³-hybridized carbons (Fsp3) is 0.562. The molecule has 0 aliphatic carbocycles. The summed E-state index contributed by atoms with van der Waals surface area (Å²) < 4.78 is 4.99. The molecule has 0 N–H and O–H groups in total. The zero-order valence-corrected chi connectivity index (χ0v) is 13.7. The number of aryl methyl sites for hydroxylation is 1. The molecular formula is C16H26O2Si. The summed E-state index contributed by atoms with van der Waals surface area (Å²) in [5.74, 6) is -0.0787. The second-order valence-electron chi connectivity index (χ2n) is 4.88. The number of ether oxygens (including phenoxy) is 1. The highest BCUT2D eigenvalue weighted by atomic mass is 28.2. The third-order valence-corrected chi connectivity index (χ3v) is 5.40. The molecule has 0 fully saturated rings. The molecule has 19 heavy (non-hydrogen) atoms. The number of rotatable bonds is 9. The Labute approximate surface area is 119 Å². The Hall–Kier alpha value is -1.09. The Kier molecular flexibility index (Phi) is 8.22. The van der Waals surface area contributed by atoms with Gasteiger partial charge in [-0.2, -0.15) is 0 Å². The highest BCUT2D eigenvalue weighted by Gasteiger charge is 2.06. The van der Waals surface area contributed by atoms with Crippen molar-refractivity contribution in [1.82, 2.24) is 0 Å². The van der Waals surface area contributed by atoms with Crippen LogP contribution >= 0.6 is 0 Å². The summed E-state index contributed by atoms with van der Waals surface area (Å²) in [6.45, 7) is 4.58. The van der Waals surface area contributed by atoms with E-state index in [1.165, 1.54) is 36.1 Å². The van der Waals surface area contributed by atoms with Gasteiger partial charge in [0.15, 0.2) is 0 Å². The number of unbranched alkanes of at least 4 members (excludes halogenated alkanes) is 2. The zero-order chi connectivity index (χ0) is 13.9. The average molecular weight is 278 g/mol. The van der Waals surface area contributed by atoms with Gasteiger partial charge < -0.3 is 4.74 Å². The summed E-state index contributed by atoms with van der Waals surface area (Å²) >= 11 is 0. The van der Waals surface area contributed by atoms with Crippen LogP contribution in [0.4, 0.5) is 0 Å². The number of esters is 1. The fourth-order valence-corrected chi connectivity index (χ4v) is 4.16. The van der Waals surface area contributed by atoms with Gasteiger partial charge >= 0.3 is 5.97 Å². The van der Waals surface area contributed by atoms with Crippen LogP contribution in [0.1, 0.15) is 45.1 Å². The minimum Gasteiger partial charge on any atom is -0.466 e. The minimum absolute atomic E-state index is 0.0787. The van der Waals surface area contributed by atoms with Crippen molar-refractivity contribution in [1.29, 1.82) is 0 Å². The number of carbonyl (C=O) groups excluding carboxylic acids is 1. The van der Waals surface area contributed by atoms with Crippen LogP contribution in [0.2, 0.25) is 6.04 Å². The SMILES string of the molecule is CCCCC[SiH2]c1ccccc1CCC(=O)OCC. The summed E-state index contributed by atoms with van der Waals surface area (Å²) in [5.41, 5.74) is 1.36. The average Bonchev–Trinajstić information content (AvgIpc) is 2.43. The van der Waals surface area contributed by atoms with Crippen LogP contribution in [-0.4, -0.2) is 22.1 Å². The van der Waals surface area contributed by atoms with Crippen molar-refractivity contribution in [3.05, 3.63) is 29.8 Å². The Morgan fingerprint density at radius 2 is 2.00 bits per heavy atom. The topological polar surface area (TPSA) is 26.3 Å². The molecule has 0 spiro atoms. The van der Waals surface area contributed by atoms with Gasteiger partial charge in [-0.25, -0.2) is 0 Å². The molecule has 0 atom stereocenters. The van der Waals surface area contributed by atoms with Crippen molar-refractivity contribution in [3.63, 3.8) is 0 Å². The van der Waals surface area contributed by atoms with Gasteiger partial charge in [0.1, 0.15) is 0 Å². The highest BCUT2D eigenvalue weighted by Crippen LogP contribution is 2.04. The van der Waals surface area contributed by atoms with E-state index < -0.39 is 0 Å². The summed E-state index contributed by atoms with van der Waals surface area (Å²) in [6.07, 6.45) is 5.33. The molecule has 0 heterocycles. The van der Waals surface area contributed by atoms with Crippen molar-refractivity contribution in [2.75, 3.05) is 6.61 Å². The third-order valence-electron chi connectivity index (χ3n) is 3.32. The molecule has 0 aliphatic heterocycles. The Bertz CT molecular complexity index is 377. The smallest absolute Gasteiger partial charge is 0.306 e. The summed E-state index contributed by atoms with van der Waals surface area (Å²) in [7, 11) is -0.169. The van der Waals surface area contributed by atoms with Gasteiger partial charge in [0.05, 0.1) is 16.1 Å². The largest absolute Gasteiger partial charge is 0.466 e. The standard InChI is InChI=1S/C16H26O2Si/c1-3-5-8-13-19-15-10-7-6-9-14(15)11-12-16(17)18-4-2/h6-7,9-10H,3-5,8,11-13,19H2,1-2H3. The molecule has 1 rings (SSSR count). The normalized spacial score (nSPS) is 11.1. The van der Waals surface area contributed by atoms with Crippen LogP contribution in [0.5, 0.6) is 0 Å². The van der Waals surface area contributed by atoms with Gasteiger partial charge in [-0.3, -0.25) is 4.79 Å². The van der Waals surface area contributed by atoms with E-state index in [0.717, 1.165) is 6.42 Å². The summed E-state index contributed by atoms with van der Waals surface area (Å²) in [4.78, 5) is 11.4. The molecule has 0 radical (unpaired) electrons. The van der Waals surface area contributed by atoms with E-state index in [1.54, 1.807) is 0 Å². The predicted molar refractivity (Wildman–Crippen MR) is 83.9 cm³/mol. The molecule has 0 aromatic heterocycles. The third kappa shape index (κ3) is 6.57. The van der Waals surface area contributed by atoms with Crippen LogP contribution in [0.15, 0.2) is 24.3 Å². The second-order valence-corrected chi connectivity index (χ2v) is 6.85. The fourth-order valence-electron chi connectivity index (χ4n) is 2.26. The predicted octanol–water partition coefficient (Wildman–Crippen LogP) is 2.58. The molecule has 0 bridgehead atoms. The lowest BCUT2D eigenvalue weighted by Gasteiger charge is -2.09. The molecule has 3 heteroatoms. The molecule has 0 aliphatic rings. The molecule has 1 aromatic rings. The van der Waals surface area contributed by atoms with Crippen LogP contribution in [0, 0.1) is 0 Å². The lowest BCUT2D eigenvalue weighted by Crippen LogP contribution is -2.20. The molecule has 0 amide bonds. The van der Waals surface area contributed by atoms with Crippen molar-refractivity contribution < 1.29 is 9.53 Å². The lowest BCUT2D eigenvalue weighted by molar-refractivity contribution is -0.143. The minimum atomic E-state index is -0.169. The van der Waals surface area contributed by atoms with E-state index in [9.17, 15) is 4.79 Å². The van der Waals surface area contributed by atoms with E-state index in [1.807, 2.05) is 6.92 Å². The van der Waals surface area contributed by atoms with E-state index in [0.29, 0.717) is 13.0 Å². The van der Waals surface area contributed by atoms with Gasteiger partial charge in [-0.05, 0) is 18.9 Å². The second kappa shape index (κ2) is 9.79. The van der Waals surface area contributed by atoms with Crippen LogP contribution in [-0.2, 0) is 16.0 Å². The number of carbonyl (C=O) groups is 1. The maximum absolute atomic E-state index is 11.4. The van der Waals surface area contributed by atoms with Gasteiger partial charge in [0.2, 0.25) is 0 Å². The van der Waals surface area contributed by atoms with Crippen molar-refractivity contribution in [2.45, 2.75) is 52.0 Å². The first-order chi connectivity index (χ1) is 9.27. The maximum Gasteiger partial charge on any atom is 0.306 e. The van der Waals surface area contributed by atoms with Crippen molar-refractivity contribution in [2.24, 2.45) is 0 Å². The van der Waals surface area contributed by atoms with Gasteiger partial charge in [0, 0.05) is 6.42 Å². The lowest BCUT2D eigenvalue weighted by atomic mass is 10.1. The first kappa shape index (κ1) is 16.0. The number of hydrogen-bond donors (Lipinski definition) is 0. The van der Waals surface area contributed by atoms with E-state index >= 15 is 0 Å². The monoisotopic (exact) mass is 278 g/mol. The molecular weight excluding hydrogens is 252 g/mol. The Morgan fingerprint density at radius 3 is 2.74 bits per heavy atom. The summed E-state index contributed by atoms with van der Waals surface area (Å²) in [6, 6.07) is 9.99. The first-order valence-electron chi connectivity index (χ1n) is 7.50. The number of hydrogen-bond acceptors (Lipinski definition) is 2. The maximum atomic E-state index is 11.4. The van der Waals surface area contributed by atoms with Crippen LogP contribution < -0.4 is 5.19 Å². The molecule has 0 saturated heterocycles. The molecule has 2 nitrogen and oxygen atoms in total. The molecule has 1 aromatic carbocycles. The van der Waals surface area contributed by atoms with Gasteiger partial charge in [-0.15, -0.1) is 0 Å². The van der Waals surface area contributed by atoms with Crippen LogP contribution in [0.3, 0.4) is 0 Å². The number of benzene rings is 1. The van der Waals surface area contributed by atoms with Gasteiger partial charge in [-0.1, -0.05) is 61.7 Å². The van der Waals surface area contributed by atoms with E-state index in [4.69, 9.17) is 4.74 Å². The zero-order valence-electron chi connectivity index (χ0n) is 12.3. The van der Waals surface area contributed by atoms with E-state index in [2.05, 4.69) is 31.2 Å². The molecule has 0 unspecified atom stereocenters. The quantitative estimate of drug-likeness (QED) is 0.394. The Balaban J connectivity index is 2.45. The van der Waals surface area contributed by atoms with Crippen LogP contribution in [0.25, 0.3) is 0 Å². The molecule has 106 valence electrons. The summed E-state index contributed by atoms with van der Waals surface area (Å²) in [5, 5.41) is 1.53.